The SMILES string of the molecule is O=C(O)C[C@@H](NC(=S)Nc1ccccc1)c1ccc(Cl)cc1. The molecule has 0 amide bonds. The summed E-state index contributed by atoms with van der Waals surface area (Å²) < 4.78 is 0. The van der Waals surface area contributed by atoms with Crippen LogP contribution in [0.3, 0.4) is 0 Å². The highest BCUT2D eigenvalue weighted by atomic mass is 35.5. The molecule has 0 radical (unpaired) electrons. The maximum Gasteiger partial charge on any atom is 0.305 e. The smallest absolute Gasteiger partial charge is 0.305 e. The normalized spacial score (nSPS) is 11.5. The topological polar surface area (TPSA) is 61.4 Å². The number of carboxylic acid groups (broad SMARTS) is 1. The first-order chi connectivity index (χ1) is 10.5. The standard InChI is InChI=1S/C16H15ClN2O2S/c17-12-8-6-11(7-9-12)14(10-15(20)21)19-16(22)18-13-4-2-1-3-5-13/h1-9,14H,10H2,(H,20,21)(H2,18,19,22)/t14-/m1/s1. The summed E-state index contributed by atoms with van der Waals surface area (Å²) in [7, 11) is 0. The minimum atomic E-state index is -0.907. The summed E-state index contributed by atoms with van der Waals surface area (Å²) in [6.07, 6.45) is -0.0851. The molecule has 6 heteroatoms. The largest absolute Gasteiger partial charge is 0.481 e. The fourth-order valence-electron chi connectivity index (χ4n) is 1.97. The van der Waals surface area contributed by atoms with Crippen LogP contribution in [-0.4, -0.2) is 16.2 Å². The predicted octanol–water partition coefficient (Wildman–Crippen LogP) is 3.84. The van der Waals surface area contributed by atoms with Crippen molar-refractivity contribution in [2.24, 2.45) is 0 Å². The van der Waals surface area contributed by atoms with E-state index < -0.39 is 12.0 Å². The van der Waals surface area contributed by atoms with Crippen molar-refractivity contribution < 1.29 is 9.90 Å². The molecule has 0 saturated heterocycles. The molecule has 0 fully saturated rings. The molecule has 1 atom stereocenters. The second kappa shape index (κ2) is 7.77. The van der Waals surface area contributed by atoms with Crippen molar-refractivity contribution in [2.75, 3.05) is 5.32 Å². The average molecular weight is 335 g/mol. The summed E-state index contributed by atoms with van der Waals surface area (Å²) in [6, 6.07) is 16.0. The molecule has 4 nitrogen and oxygen atoms in total. The Morgan fingerprint density at radius 1 is 1.14 bits per heavy atom. The van der Waals surface area contributed by atoms with E-state index in [1.807, 2.05) is 30.3 Å². The van der Waals surface area contributed by atoms with Crippen molar-refractivity contribution in [3.8, 4) is 0 Å². The Morgan fingerprint density at radius 3 is 2.36 bits per heavy atom. The van der Waals surface area contributed by atoms with Gasteiger partial charge < -0.3 is 15.7 Å². The lowest BCUT2D eigenvalue weighted by Crippen LogP contribution is -2.33. The summed E-state index contributed by atoms with van der Waals surface area (Å²) in [5.74, 6) is -0.907. The number of hydrogen-bond donors (Lipinski definition) is 3. The second-order valence-corrected chi connectivity index (χ2v) is 5.51. The van der Waals surface area contributed by atoms with Crippen LogP contribution in [0.2, 0.25) is 5.02 Å². The van der Waals surface area contributed by atoms with Gasteiger partial charge in [0.25, 0.3) is 0 Å². The molecule has 0 aromatic heterocycles. The molecule has 0 aliphatic rings. The van der Waals surface area contributed by atoms with Crippen LogP contribution in [0.25, 0.3) is 0 Å². The molecule has 3 N–H and O–H groups in total. The molecule has 22 heavy (non-hydrogen) atoms. The molecule has 2 rings (SSSR count). The number of para-hydroxylation sites is 1. The predicted molar refractivity (Wildman–Crippen MR) is 92.2 cm³/mol. The van der Waals surface area contributed by atoms with Crippen LogP contribution in [-0.2, 0) is 4.79 Å². The zero-order valence-electron chi connectivity index (χ0n) is 11.6. The molecule has 0 bridgehead atoms. The fraction of sp³-hybridized carbons (Fsp3) is 0.125. The Morgan fingerprint density at radius 2 is 1.77 bits per heavy atom. The molecule has 0 heterocycles. The zero-order valence-corrected chi connectivity index (χ0v) is 13.2. The van der Waals surface area contributed by atoms with E-state index >= 15 is 0 Å². The van der Waals surface area contributed by atoms with Crippen LogP contribution in [0.5, 0.6) is 0 Å². The summed E-state index contributed by atoms with van der Waals surface area (Å²) in [5.41, 5.74) is 1.65. The van der Waals surface area contributed by atoms with Gasteiger partial charge in [0, 0.05) is 10.7 Å². The van der Waals surface area contributed by atoms with Crippen LogP contribution in [0, 0.1) is 0 Å². The van der Waals surface area contributed by atoms with E-state index in [9.17, 15) is 4.79 Å². The number of nitrogens with one attached hydrogen (secondary N) is 2. The number of rotatable bonds is 5. The minimum Gasteiger partial charge on any atom is -0.481 e. The Kier molecular flexibility index (Phi) is 5.75. The lowest BCUT2D eigenvalue weighted by atomic mass is 10.0. The summed E-state index contributed by atoms with van der Waals surface area (Å²) in [4.78, 5) is 11.1. The Balaban J connectivity index is 2.07. The van der Waals surface area contributed by atoms with Crippen molar-refractivity contribution in [2.45, 2.75) is 12.5 Å². The highest BCUT2D eigenvalue weighted by molar-refractivity contribution is 7.80. The van der Waals surface area contributed by atoms with Crippen molar-refractivity contribution in [1.29, 1.82) is 0 Å². The molecular weight excluding hydrogens is 320 g/mol. The zero-order chi connectivity index (χ0) is 15.9. The summed E-state index contributed by atoms with van der Waals surface area (Å²) in [6.45, 7) is 0. The maximum atomic E-state index is 11.1. The number of anilines is 1. The van der Waals surface area contributed by atoms with E-state index in [1.54, 1.807) is 24.3 Å². The monoisotopic (exact) mass is 334 g/mol. The molecule has 0 unspecified atom stereocenters. The summed E-state index contributed by atoms with van der Waals surface area (Å²) in [5, 5.41) is 16.1. The van der Waals surface area contributed by atoms with Crippen LogP contribution in [0.4, 0.5) is 5.69 Å². The molecule has 2 aromatic rings. The molecule has 0 saturated carbocycles. The number of hydrogen-bond acceptors (Lipinski definition) is 2. The number of aliphatic carboxylic acids is 1. The molecule has 0 aliphatic heterocycles. The van der Waals surface area contributed by atoms with Crippen LogP contribution >= 0.6 is 23.8 Å². The number of benzene rings is 2. The van der Waals surface area contributed by atoms with Gasteiger partial charge in [-0.05, 0) is 42.0 Å². The van der Waals surface area contributed by atoms with Crippen LogP contribution < -0.4 is 10.6 Å². The van der Waals surface area contributed by atoms with E-state index in [-0.39, 0.29) is 6.42 Å². The Labute approximate surface area is 139 Å². The number of thiocarbonyl (C=S) groups is 1. The Bertz CT molecular complexity index is 647. The van der Waals surface area contributed by atoms with Gasteiger partial charge in [-0.1, -0.05) is 41.9 Å². The molecule has 114 valence electrons. The van der Waals surface area contributed by atoms with Gasteiger partial charge in [-0.15, -0.1) is 0 Å². The third-order valence-corrected chi connectivity index (χ3v) is 3.46. The number of halogens is 1. The first-order valence-corrected chi connectivity index (χ1v) is 7.43. The van der Waals surface area contributed by atoms with E-state index in [4.69, 9.17) is 28.9 Å². The van der Waals surface area contributed by atoms with Gasteiger partial charge in [0.15, 0.2) is 5.11 Å². The van der Waals surface area contributed by atoms with Crippen LogP contribution in [0.1, 0.15) is 18.0 Å². The molecule has 2 aromatic carbocycles. The van der Waals surface area contributed by atoms with Gasteiger partial charge in [0.1, 0.15) is 0 Å². The Hall–Kier alpha value is -2.11. The first-order valence-electron chi connectivity index (χ1n) is 6.64. The van der Waals surface area contributed by atoms with E-state index in [0.29, 0.717) is 10.1 Å². The number of carboxylic acids is 1. The van der Waals surface area contributed by atoms with Crippen molar-refractivity contribution in [3.05, 3.63) is 65.2 Å². The minimum absolute atomic E-state index is 0.0851. The maximum absolute atomic E-state index is 11.1. The third-order valence-electron chi connectivity index (χ3n) is 2.99. The second-order valence-electron chi connectivity index (χ2n) is 4.67. The van der Waals surface area contributed by atoms with Crippen molar-refractivity contribution in [1.82, 2.24) is 5.32 Å². The lowest BCUT2D eigenvalue weighted by molar-refractivity contribution is -0.137. The molecule has 0 aliphatic carbocycles. The lowest BCUT2D eigenvalue weighted by Gasteiger charge is -2.20. The third kappa shape index (κ3) is 5.02. The number of carbonyl (C=O) groups is 1. The van der Waals surface area contributed by atoms with Gasteiger partial charge in [-0.2, -0.15) is 0 Å². The van der Waals surface area contributed by atoms with Crippen LogP contribution in [0.15, 0.2) is 54.6 Å². The fourth-order valence-corrected chi connectivity index (χ4v) is 2.35. The summed E-state index contributed by atoms with van der Waals surface area (Å²) >= 11 is 11.1. The van der Waals surface area contributed by atoms with E-state index in [1.165, 1.54) is 0 Å². The van der Waals surface area contributed by atoms with Crippen molar-refractivity contribution >= 4 is 40.6 Å². The van der Waals surface area contributed by atoms with E-state index in [0.717, 1.165) is 11.3 Å². The average Bonchev–Trinajstić information content (AvgIpc) is 2.48. The highest BCUT2D eigenvalue weighted by Crippen LogP contribution is 2.20. The highest BCUT2D eigenvalue weighted by Gasteiger charge is 2.16. The molecular formula is C16H15ClN2O2S. The van der Waals surface area contributed by atoms with Gasteiger partial charge in [0.2, 0.25) is 0 Å². The van der Waals surface area contributed by atoms with Gasteiger partial charge in [0.05, 0.1) is 12.5 Å². The van der Waals surface area contributed by atoms with Gasteiger partial charge in [-0.3, -0.25) is 4.79 Å². The first kappa shape index (κ1) is 16.3. The quantitative estimate of drug-likeness (QED) is 0.725. The van der Waals surface area contributed by atoms with E-state index in [2.05, 4.69) is 10.6 Å². The van der Waals surface area contributed by atoms with Gasteiger partial charge >= 0.3 is 5.97 Å². The van der Waals surface area contributed by atoms with Crippen molar-refractivity contribution in [3.63, 3.8) is 0 Å². The van der Waals surface area contributed by atoms with Gasteiger partial charge in [-0.25, -0.2) is 0 Å². The molecule has 0 spiro atoms.